The van der Waals surface area contributed by atoms with Crippen LogP contribution in [0.5, 0.6) is 0 Å². The molecule has 2 aromatic rings. The standard InChI is InChI=1S/C15H17F2N5OS/c16-12-7-6-10(8-13(12)17)18-14(23)9-24-15-19-20-21-22(15)11-4-2-1-3-5-11/h6-8,11H,1-5,9H2,(H,18,23). The first-order valence-electron chi connectivity index (χ1n) is 7.79. The molecule has 1 saturated carbocycles. The number of benzene rings is 1. The first kappa shape index (κ1) is 16.8. The van der Waals surface area contributed by atoms with E-state index in [4.69, 9.17) is 0 Å². The van der Waals surface area contributed by atoms with Crippen molar-refractivity contribution >= 4 is 23.4 Å². The van der Waals surface area contributed by atoms with Crippen LogP contribution in [0.25, 0.3) is 0 Å². The van der Waals surface area contributed by atoms with E-state index in [0.717, 1.165) is 37.8 Å². The van der Waals surface area contributed by atoms with Crippen LogP contribution in [-0.4, -0.2) is 31.9 Å². The third kappa shape index (κ3) is 4.08. The highest BCUT2D eigenvalue weighted by Gasteiger charge is 2.20. The van der Waals surface area contributed by atoms with Gasteiger partial charge in [-0.2, -0.15) is 0 Å². The van der Waals surface area contributed by atoms with Crippen molar-refractivity contribution in [2.24, 2.45) is 0 Å². The molecule has 24 heavy (non-hydrogen) atoms. The number of amides is 1. The molecule has 6 nitrogen and oxygen atoms in total. The van der Waals surface area contributed by atoms with E-state index in [1.54, 1.807) is 4.68 Å². The van der Waals surface area contributed by atoms with Gasteiger partial charge in [0.25, 0.3) is 0 Å². The smallest absolute Gasteiger partial charge is 0.234 e. The number of nitrogens with one attached hydrogen (secondary N) is 1. The molecule has 1 aromatic heterocycles. The molecule has 0 spiro atoms. The van der Waals surface area contributed by atoms with Crippen molar-refractivity contribution in [2.75, 3.05) is 11.1 Å². The third-order valence-electron chi connectivity index (χ3n) is 3.92. The SMILES string of the molecule is O=C(CSc1nnnn1C1CCCCC1)Nc1ccc(F)c(F)c1. The van der Waals surface area contributed by atoms with E-state index in [9.17, 15) is 13.6 Å². The third-order valence-corrected chi connectivity index (χ3v) is 4.85. The summed E-state index contributed by atoms with van der Waals surface area (Å²) >= 11 is 1.23. The number of aromatic nitrogens is 4. The number of hydrogen-bond acceptors (Lipinski definition) is 5. The highest BCUT2D eigenvalue weighted by atomic mass is 32.2. The molecule has 9 heteroatoms. The van der Waals surface area contributed by atoms with E-state index >= 15 is 0 Å². The number of tetrazole rings is 1. The van der Waals surface area contributed by atoms with Gasteiger partial charge in [-0.25, -0.2) is 13.5 Å². The summed E-state index contributed by atoms with van der Waals surface area (Å²) in [4.78, 5) is 12.0. The zero-order valence-corrected chi connectivity index (χ0v) is 13.7. The Morgan fingerprint density at radius 1 is 1.25 bits per heavy atom. The van der Waals surface area contributed by atoms with Gasteiger partial charge in [-0.3, -0.25) is 4.79 Å². The van der Waals surface area contributed by atoms with E-state index in [2.05, 4.69) is 20.8 Å². The number of carbonyl (C=O) groups is 1. The fourth-order valence-electron chi connectivity index (χ4n) is 2.74. The molecule has 1 aliphatic carbocycles. The zero-order chi connectivity index (χ0) is 16.9. The molecule has 1 aliphatic rings. The van der Waals surface area contributed by atoms with Gasteiger partial charge in [-0.1, -0.05) is 31.0 Å². The molecular formula is C15H17F2N5OS. The lowest BCUT2D eigenvalue weighted by Crippen LogP contribution is -2.17. The number of anilines is 1. The van der Waals surface area contributed by atoms with Gasteiger partial charge < -0.3 is 5.32 Å². The van der Waals surface area contributed by atoms with E-state index in [1.807, 2.05) is 0 Å². The molecule has 1 aromatic carbocycles. The van der Waals surface area contributed by atoms with E-state index in [-0.39, 0.29) is 23.4 Å². The van der Waals surface area contributed by atoms with Crippen molar-refractivity contribution in [1.82, 2.24) is 20.2 Å². The van der Waals surface area contributed by atoms with Crippen molar-refractivity contribution in [3.8, 4) is 0 Å². The van der Waals surface area contributed by atoms with Gasteiger partial charge in [0, 0.05) is 11.8 Å². The predicted octanol–water partition coefficient (Wildman–Crippen LogP) is 3.19. The molecule has 0 radical (unpaired) electrons. The Bertz CT molecular complexity index is 718. The second-order valence-corrected chi connectivity index (χ2v) is 6.61. The largest absolute Gasteiger partial charge is 0.325 e. The Morgan fingerprint density at radius 3 is 2.79 bits per heavy atom. The molecule has 1 heterocycles. The first-order chi connectivity index (χ1) is 11.6. The van der Waals surface area contributed by atoms with Gasteiger partial charge in [0.05, 0.1) is 11.8 Å². The lowest BCUT2D eigenvalue weighted by Gasteiger charge is -2.21. The van der Waals surface area contributed by atoms with Crippen molar-refractivity contribution in [3.05, 3.63) is 29.8 Å². The topological polar surface area (TPSA) is 72.7 Å². The Morgan fingerprint density at radius 2 is 2.04 bits per heavy atom. The lowest BCUT2D eigenvalue weighted by molar-refractivity contribution is -0.113. The van der Waals surface area contributed by atoms with E-state index in [0.29, 0.717) is 5.16 Å². The van der Waals surface area contributed by atoms with E-state index in [1.165, 1.54) is 24.2 Å². The van der Waals surface area contributed by atoms with Crippen LogP contribution >= 0.6 is 11.8 Å². The van der Waals surface area contributed by atoms with Crippen LogP contribution < -0.4 is 5.32 Å². The minimum atomic E-state index is -0.998. The van der Waals surface area contributed by atoms with Crippen LogP contribution in [0.2, 0.25) is 0 Å². The van der Waals surface area contributed by atoms with Gasteiger partial charge in [0.15, 0.2) is 11.6 Å². The fraction of sp³-hybridized carbons (Fsp3) is 0.467. The van der Waals surface area contributed by atoms with Gasteiger partial charge in [-0.05, 0) is 35.4 Å². The maximum atomic E-state index is 13.1. The van der Waals surface area contributed by atoms with Crippen molar-refractivity contribution in [2.45, 2.75) is 43.3 Å². The van der Waals surface area contributed by atoms with Gasteiger partial charge in [0.1, 0.15) is 0 Å². The second-order valence-electron chi connectivity index (χ2n) is 5.66. The number of hydrogen-bond donors (Lipinski definition) is 1. The molecule has 1 amide bonds. The summed E-state index contributed by atoms with van der Waals surface area (Å²) in [6, 6.07) is 3.52. The molecule has 0 unspecified atom stereocenters. The summed E-state index contributed by atoms with van der Waals surface area (Å²) < 4.78 is 27.8. The summed E-state index contributed by atoms with van der Waals surface area (Å²) in [7, 11) is 0. The Kier molecular flexibility index (Phi) is 5.39. The monoisotopic (exact) mass is 353 g/mol. The summed E-state index contributed by atoms with van der Waals surface area (Å²) in [6.45, 7) is 0. The Labute approximate surface area is 142 Å². The van der Waals surface area contributed by atoms with Crippen LogP contribution in [0.4, 0.5) is 14.5 Å². The molecule has 3 rings (SSSR count). The van der Waals surface area contributed by atoms with Gasteiger partial charge in [-0.15, -0.1) is 5.10 Å². The average Bonchev–Trinajstić information content (AvgIpc) is 3.06. The van der Waals surface area contributed by atoms with Gasteiger partial charge in [0.2, 0.25) is 11.1 Å². The quantitative estimate of drug-likeness (QED) is 0.836. The van der Waals surface area contributed by atoms with Crippen LogP contribution in [0.15, 0.2) is 23.4 Å². The number of thioether (sulfide) groups is 1. The Balaban J connectivity index is 1.56. The number of halogens is 2. The minimum Gasteiger partial charge on any atom is -0.325 e. The lowest BCUT2D eigenvalue weighted by atomic mass is 9.96. The molecule has 0 aliphatic heterocycles. The highest BCUT2D eigenvalue weighted by Crippen LogP contribution is 2.30. The molecule has 0 saturated heterocycles. The zero-order valence-electron chi connectivity index (χ0n) is 12.9. The maximum Gasteiger partial charge on any atom is 0.234 e. The predicted molar refractivity (Wildman–Crippen MR) is 85.7 cm³/mol. The van der Waals surface area contributed by atoms with Crippen LogP contribution in [0.3, 0.4) is 0 Å². The number of nitrogens with zero attached hydrogens (tertiary/aromatic N) is 4. The minimum absolute atomic E-state index is 0.0894. The van der Waals surface area contributed by atoms with Crippen LogP contribution in [0, 0.1) is 11.6 Å². The van der Waals surface area contributed by atoms with Gasteiger partial charge >= 0.3 is 0 Å². The maximum absolute atomic E-state index is 13.1. The molecular weight excluding hydrogens is 336 g/mol. The van der Waals surface area contributed by atoms with Crippen LogP contribution in [-0.2, 0) is 4.79 Å². The molecule has 128 valence electrons. The highest BCUT2D eigenvalue weighted by molar-refractivity contribution is 7.99. The van der Waals surface area contributed by atoms with Crippen molar-refractivity contribution < 1.29 is 13.6 Å². The summed E-state index contributed by atoms with van der Waals surface area (Å²) in [5, 5.41) is 14.8. The van der Waals surface area contributed by atoms with Crippen LogP contribution in [0.1, 0.15) is 38.1 Å². The first-order valence-corrected chi connectivity index (χ1v) is 8.77. The van der Waals surface area contributed by atoms with Crippen molar-refractivity contribution in [3.63, 3.8) is 0 Å². The van der Waals surface area contributed by atoms with Crippen molar-refractivity contribution in [1.29, 1.82) is 0 Å². The molecule has 0 atom stereocenters. The molecule has 1 N–H and O–H groups in total. The average molecular weight is 353 g/mol. The summed E-state index contributed by atoms with van der Waals surface area (Å²) in [5.41, 5.74) is 0.214. The Hall–Kier alpha value is -2.03. The summed E-state index contributed by atoms with van der Waals surface area (Å²) in [6.07, 6.45) is 5.63. The molecule has 0 bridgehead atoms. The molecule has 1 fully saturated rings. The number of rotatable bonds is 5. The number of carbonyl (C=O) groups excluding carboxylic acids is 1. The fourth-order valence-corrected chi connectivity index (χ4v) is 3.48. The normalized spacial score (nSPS) is 15.4. The summed E-state index contributed by atoms with van der Waals surface area (Å²) in [5.74, 6) is -2.19. The second kappa shape index (κ2) is 7.69. The van der Waals surface area contributed by atoms with E-state index < -0.39 is 11.6 Å².